The van der Waals surface area contributed by atoms with Crippen LogP contribution >= 0.6 is 0 Å². The Labute approximate surface area is 195 Å². The van der Waals surface area contributed by atoms with E-state index < -0.39 is 5.78 Å². The van der Waals surface area contributed by atoms with Gasteiger partial charge in [0.2, 0.25) is 0 Å². The number of ketones is 1. The second kappa shape index (κ2) is 12.4. The van der Waals surface area contributed by atoms with Gasteiger partial charge in [0.1, 0.15) is 36.0 Å². The van der Waals surface area contributed by atoms with Crippen molar-refractivity contribution in [3.8, 4) is 28.7 Å². The Bertz CT molecular complexity index is 1050. The summed E-state index contributed by atoms with van der Waals surface area (Å²) in [7, 11) is 3.06. The Balaban J connectivity index is 2.30. The number of allylic oxidation sites excluding steroid dienone is 3. The lowest BCUT2D eigenvalue weighted by Gasteiger charge is -2.12. The zero-order valence-electron chi connectivity index (χ0n) is 20.1. The van der Waals surface area contributed by atoms with Crippen LogP contribution in [0.4, 0.5) is 0 Å². The summed E-state index contributed by atoms with van der Waals surface area (Å²) >= 11 is 0. The molecule has 0 heterocycles. The first kappa shape index (κ1) is 25.6. The van der Waals surface area contributed by atoms with Crippen molar-refractivity contribution in [3.63, 3.8) is 0 Å². The van der Waals surface area contributed by atoms with Gasteiger partial charge in [0, 0.05) is 12.1 Å². The Hall–Kier alpha value is -3.67. The standard InChI is InChI=1S/C27H32O6/c1-18(2)11-13-32-25-15-20(8-10-24(25)31-6)7-9-22(28)27-23(29)16-21(30-5)17-26(27)33-14-12-19(3)4/h7-12,15-17,29H,13-14H2,1-6H3. The third-order valence-electron chi connectivity index (χ3n) is 4.61. The van der Waals surface area contributed by atoms with Gasteiger partial charge >= 0.3 is 0 Å². The number of carbonyl (C=O) groups is 1. The molecule has 0 amide bonds. The van der Waals surface area contributed by atoms with Crippen LogP contribution in [-0.4, -0.2) is 38.3 Å². The van der Waals surface area contributed by atoms with Gasteiger partial charge in [-0.25, -0.2) is 0 Å². The molecule has 33 heavy (non-hydrogen) atoms. The molecule has 176 valence electrons. The predicted molar refractivity (Wildman–Crippen MR) is 131 cm³/mol. The Morgan fingerprint density at radius 2 is 1.48 bits per heavy atom. The Morgan fingerprint density at radius 1 is 0.848 bits per heavy atom. The van der Waals surface area contributed by atoms with E-state index in [9.17, 15) is 9.90 Å². The third kappa shape index (κ3) is 7.75. The van der Waals surface area contributed by atoms with E-state index in [2.05, 4.69) is 0 Å². The molecule has 1 N–H and O–H groups in total. The van der Waals surface area contributed by atoms with Gasteiger partial charge in [0.25, 0.3) is 0 Å². The molecule has 6 nitrogen and oxygen atoms in total. The van der Waals surface area contributed by atoms with Crippen LogP contribution in [0.3, 0.4) is 0 Å². The zero-order valence-corrected chi connectivity index (χ0v) is 20.1. The van der Waals surface area contributed by atoms with Crippen LogP contribution in [0.15, 0.2) is 59.7 Å². The van der Waals surface area contributed by atoms with Gasteiger partial charge in [0.05, 0.1) is 14.2 Å². The number of methoxy groups -OCH3 is 2. The SMILES string of the molecule is COc1cc(O)c(C(=O)C=Cc2ccc(OC)c(OCC=C(C)C)c2)c(OCC=C(C)C)c1. The molecule has 0 fully saturated rings. The zero-order chi connectivity index (χ0) is 24.4. The van der Waals surface area contributed by atoms with Crippen molar-refractivity contribution in [1.29, 1.82) is 0 Å². The van der Waals surface area contributed by atoms with Crippen LogP contribution in [0.25, 0.3) is 6.08 Å². The van der Waals surface area contributed by atoms with E-state index in [4.69, 9.17) is 18.9 Å². The van der Waals surface area contributed by atoms with Crippen molar-refractivity contribution < 1.29 is 28.8 Å². The monoisotopic (exact) mass is 452 g/mol. The van der Waals surface area contributed by atoms with Gasteiger partial charge in [0.15, 0.2) is 17.3 Å². The lowest BCUT2D eigenvalue weighted by atomic mass is 10.1. The number of hydrogen-bond donors (Lipinski definition) is 1. The number of hydrogen-bond acceptors (Lipinski definition) is 6. The van der Waals surface area contributed by atoms with Crippen LogP contribution in [0.2, 0.25) is 0 Å². The quantitative estimate of drug-likeness (QED) is 0.256. The fourth-order valence-corrected chi connectivity index (χ4v) is 2.82. The largest absolute Gasteiger partial charge is 0.507 e. The highest BCUT2D eigenvalue weighted by atomic mass is 16.5. The maximum Gasteiger partial charge on any atom is 0.193 e. The van der Waals surface area contributed by atoms with Crippen LogP contribution in [0.5, 0.6) is 28.7 Å². The lowest BCUT2D eigenvalue weighted by Crippen LogP contribution is -2.04. The van der Waals surface area contributed by atoms with Crippen LogP contribution < -0.4 is 18.9 Å². The van der Waals surface area contributed by atoms with Gasteiger partial charge in [-0.2, -0.15) is 0 Å². The van der Waals surface area contributed by atoms with E-state index in [-0.39, 0.29) is 23.7 Å². The minimum Gasteiger partial charge on any atom is -0.507 e. The van der Waals surface area contributed by atoms with Crippen molar-refractivity contribution >= 4 is 11.9 Å². The molecule has 0 aliphatic heterocycles. The molecular weight excluding hydrogens is 420 g/mol. The number of phenols is 1. The second-order valence-electron chi connectivity index (χ2n) is 7.81. The van der Waals surface area contributed by atoms with Crippen molar-refractivity contribution in [2.75, 3.05) is 27.4 Å². The van der Waals surface area contributed by atoms with E-state index in [1.54, 1.807) is 31.4 Å². The van der Waals surface area contributed by atoms with Gasteiger partial charge < -0.3 is 24.1 Å². The minimum absolute atomic E-state index is 0.0720. The van der Waals surface area contributed by atoms with Crippen LogP contribution in [-0.2, 0) is 0 Å². The molecule has 0 unspecified atom stereocenters. The molecule has 2 rings (SSSR count). The van der Waals surface area contributed by atoms with Crippen molar-refractivity contribution in [2.45, 2.75) is 27.7 Å². The van der Waals surface area contributed by atoms with E-state index in [0.29, 0.717) is 23.9 Å². The molecule has 0 aliphatic carbocycles. The number of benzene rings is 2. The molecule has 0 atom stereocenters. The predicted octanol–water partition coefficient (Wildman–Crippen LogP) is 6.00. The fourth-order valence-electron chi connectivity index (χ4n) is 2.82. The maximum absolute atomic E-state index is 13.0. The van der Waals surface area contributed by atoms with Crippen LogP contribution in [0, 0.1) is 0 Å². The normalized spacial score (nSPS) is 10.5. The first-order valence-corrected chi connectivity index (χ1v) is 10.6. The average Bonchev–Trinajstić information content (AvgIpc) is 2.76. The van der Waals surface area contributed by atoms with E-state index in [1.165, 1.54) is 19.3 Å². The van der Waals surface area contributed by atoms with Crippen molar-refractivity contribution in [2.24, 2.45) is 0 Å². The van der Waals surface area contributed by atoms with Gasteiger partial charge in [-0.1, -0.05) is 23.3 Å². The highest BCUT2D eigenvalue weighted by molar-refractivity contribution is 6.10. The van der Waals surface area contributed by atoms with Gasteiger partial charge in [-0.05, 0) is 63.6 Å². The fraction of sp³-hybridized carbons (Fsp3) is 0.296. The summed E-state index contributed by atoms with van der Waals surface area (Å²) in [6.45, 7) is 8.58. The molecule has 0 saturated carbocycles. The highest BCUT2D eigenvalue weighted by Gasteiger charge is 2.18. The highest BCUT2D eigenvalue weighted by Crippen LogP contribution is 2.34. The number of rotatable bonds is 11. The summed E-state index contributed by atoms with van der Waals surface area (Å²) in [6, 6.07) is 8.36. The summed E-state index contributed by atoms with van der Waals surface area (Å²) in [5, 5.41) is 10.5. The molecule has 6 heteroatoms. The summed E-state index contributed by atoms with van der Waals surface area (Å²) in [5.41, 5.74) is 3.05. The Kier molecular flexibility index (Phi) is 9.61. The molecule has 0 radical (unpaired) electrons. The van der Waals surface area contributed by atoms with Gasteiger partial charge in [-0.15, -0.1) is 0 Å². The summed E-state index contributed by atoms with van der Waals surface area (Å²) in [6.07, 6.45) is 6.89. The molecule has 0 spiro atoms. The molecule has 0 aromatic heterocycles. The first-order valence-electron chi connectivity index (χ1n) is 10.6. The van der Waals surface area contributed by atoms with Crippen molar-refractivity contribution in [1.82, 2.24) is 0 Å². The number of phenolic OH excluding ortho intramolecular Hbond substituents is 1. The molecule has 0 bridgehead atoms. The van der Waals surface area contributed by atoms with E-state index >= 15 is 0 Å². The minimum atomic E-state index is -0.398. The lowest BCUT2D eigenvalue weighted by molar-refractivity contribution is 0.104. The molecule has 0 saturated heterocycles. The smallest absolute Gasteiger partial charge is 0.193 e. The summed E-state index contributed by atoms with van der Waals surface area (Å²) in [5.74, 6) is 1.21. The molecule has 2 aromatic carbocycles. The first-order chi connectivity index (χ1) is 15.7. The van der Waals surface area contributed by atoms with Gasteiger partial charge in [-0.3, -0.25) is 4.79 Å². The van der Waals surface area contributed by atoms with Crippen LogP contribution in [0.1, 0.15) is 43.6 Å². The number of carbonyl (C=O) groups excluding carboxylic acids is 1. The second-order valence-corrected chi connectivity index (χ2v) is 7.81. The van der Waals surface area contributed by atoms with Crippen molar-refractivity contribution in [3.05, 3.63) is 70.8 Å². The molecule has 0 aliphatic rings. The molecule has 2 aromatic rings. The molecular formula is C27H32O6. The summed E-state index contributed by atoms with van der Waals surface area (Å²) in [4.78, 5) is 13.0. The number of ether oxygens (including phenoxy) is 4. The Morgan fingerprint density at radius 3 is 2.06 bits per heavy atom. The third-order valence-corrected chi connectivity index (χ3v) is 4.61. The average molecular weight is 453 g/mol. The van der Waals surface area contributed by atoms with E-state index in [0.717, 1.165) is 16.7 Å². The maximum atomic E-state index is 13.0. The number of aromatic hydroxyl groups is 1. The topological polar surface area (TPSA) is 74.2 Å². The summed E-state index contributed by atoms with van der Waals surface area (Å²) < 4.78 is 22.1. The van der Waals surface area contributed by atoms with E-state index in [1.807, 2.05) is 45.9 Å².